The molecule has 0 unspecified atom stereocenters. The molecule has 0 atom stereocenters. The van der Waals surface area contributed by atoms with Crippen molar-refractivity contribution in [1.29, 1.82) is 0 Å². The first kappa shape index (κ1) is 16.4. The van der Waals surface area contributed by atoms with Gasteiger partial charge in [-0.05, 0) is 12.1 Å². The van der Waals surface area contributed by atoms with E-state index in [1.54, 1.807) is 12.1 Å². The molecule has 0 spiro atoms. The highest BCUT2D eigenvalue weighted by Gasteiger charge is 2.10. The summed E-state index contributed by atoms with van der Waals surface area (Å²) >= 11 is 0. The first-order valence-corrected chi connectivity index (χ1v) is 7.75. The molecular formula is C16H19FN4O3. The number of morpholine rings is 1. The Labute approximate surface area is 138 Å². The highest BCUT2D eigenvalue weighted by atomic mass is 19.1. The van der Waals surface area contributed by atoms with Gasteiger partial charge < -0.3 is 14.8 Å². The van der Waals surface area contributed by atoms with Gasteiger partial charge in [-0.1, -0.05) is 6.07 Å². The van der Waals surface area contributed by atoms with Gasteiger partial charge in [0, 0.05) is 31.4 Å². The molecule has 3 rings (SSSR count). The van der Waals surface area contributed by atoms with E-state index >= 15 is 0 Å². The smallest absolute Gasteiger partial charge is 0.288 e. The minimum Gasteiger partial charge on any atom is -0.492 e. The van der Waals surface area contributed by atoms with Crippen LogP contribution < -0.4 is 15.6 Å². The van der Waals surface area contributed by atoms with Gasteiger partial charge in [0.2, 0.25) is 11.8 Å². The lowest BCUT2D eigenvalue weighted by atomic mass is 10.3. The molecule has 1 saturated heterocycles. The third-order valence-electron chi connectivity index (χ3n) is 3.63. The predicted molar refractivity (Wildman–Crippen MR) is 87.3 cm³/mol. The van der Waals surface area contributed by atoms with Crippen LogP contribution in [0.3, 0.4) is 0 Å². The summed E-state index contributed by atoms with van der Waals surface area (Å²) in [6, 6.07) is 7.28. The number of rotatable bonds is 6. The van der Waals surface area contributed by atoms with Crippen molar-refractivity contribution < 1.29 is 13.9 Å². The number of hydrogen-bond donors (Lipinski definition) is 2. The normalized spacial score (nSPS) is 15.2. The zero-order valence-electron chi connectivity index (χ0n) is 13.1. The van der Waals surface area contributed by atoms with E-state index in [4.69, 9.17) is 9.47 Å². The molecular weight excluding hydrogens is 315 g/mol. The van der Waals surface area contributed by atoms with Crippen molar-refractivity contribution in [3.05, 3.63) is 46.6 Å². The maximum absolute atomic E-state index is 12.9. The Hall–Kier alpha value is -2.45. The topological polar surface area (TPSA) is 79.5 Å². The number of H-pyrrole nitrogens is 1. The summed E-state index contributed by atoms with van der Waals surface area (Å²) in [6.07, 6.45) is 0.879. The molecule has 0 bridgehead atoms. The Bertz CT molecular complexity index is 731. The zero-order chi connectivity index (χ0) is 16.8. The zero-order valence-corrected chi connectivity index (χ0v) is 13.1. The average molecular weight is 334 g/mol. The van der Waals surface area contributed by atoms with Crippen LogP contribution in [0.4, 0.5) is 16.0 Å². The molecule has 24 heavy (non-hydrogen) atoms. The fourth-order valence-corrected chi connectivity index (χ4v) is 2.36. The van der Waals surface area contributed by atoms with Gasteiger partial charge in [-0.15, -0.1) is 0 Å². The average Bonchev–Trinajstić information content (AvgIpc) is 2.60. The standard InChI is InChI=1S/C16H19FN4O3/c17-14-11-18-16(20-15(14)22)19-12-2-1-3-13(10-12)24-9-6-21-4-7-23-8-5-21/h1-3,10-11H,4-9H2,(H2,18,19,20,22). The first-order chi connectivity index (χ1) is 11.7. The lowest BCUT2D eigenvalue weighted by Crippen LogP contribution is -2.38. The second-order valence-electron chi connectivity index (χ2n) is 5.36. The van der Waals surface area contributed by atoms with E-state index in [0.717, 1.165) is 39.0 Å². The van der Waals surface area contributed by atoms with Crippen molar-refractivity contribution in [3.8, 4) is 5.75 Å². The second kappa shape index (κ2) is 7.89. The fourth-order valence-electron chi connectivity index (χ4n) is 2.36. The van der Waals surface area contributed by atoms with Crippen molar-refractivity contribution in [2.24, 2.45) is 0 Å². The SMILES string of the molecule is O=c1[nH]c(Nc2cccc(OCCN3CCOCC3)c2)ncc1F. The van der Waals surface area contributed by atoms with Crippen LogP contribution in [0.1, 0.15) is 0 Å². The highest BCUT2D eigenvalue weighted by Crippen LogP contribution is 2.19. The Morgan fingerprint density at radius 1 is 1.38 bits per heavy atom. The van der Waals surface area contributed by atoms with Crippen molar-refractivity contribution >= 4 is 11.6 Å². The number of halogens is 1. The van der Waals surface area contributed by atoms with Crippen LogP contribution in [-0.4, -0.2) is 54.3 Å². The Balaban J connectivity index is 1.55. The van der Waals surface area contributed by atoms with Crippen molar-refractivity contribution in [3.63, 3.8) is 0 Å². The molecule has 1 aliphatic rings. The lowest BCUT2D eigenvalue weighted by molar-refractivity contribution is 0.0322. The number of hydrogen-bond acceptors (Lipinski definition) is 6. The van der Waals surface area contributed by atoms with E-state index in [-0.39, 0.29) is 5.95 Å². The second-order valence-corrected chi connectivity index (χ2v) is 5.36. The molecule has 7 nitrogen and oxygen atoms in total. The molecule has 2 aromatic rings. The van der Waals surface area contributed by atoms with E-state index in [2.05, 4.69) is 20.2 Å². The van der Waals surface area contributed by atoms with Crippen LogP contribution in [-0.2, 0) is 4.74 Å². The fraction of sp³-hybridized carbons (Fsp3) is 0.375. The maximum Gasteiger partial charge on any atom is 0.288 e. The first-order valence-electron chi connectivity index (χ1n) is 7.75. The lowest BCUT2D eigenvalue weighted by Gasteiger charge is -2.26. The van der Waals surface area contributed by atoms with Gasteiger partial charge in [-0.25, -0.2) is 4.98 Å². The third kappa shape index (κ3) is 4.53. The molecule has 1 fully saturated rings. The van der Waals surface area contributed by atoms with E-state index in [1.165, 1.54) is 0 Å². The molecule has 1 aromatic carbocycles. The van der Waals surface area contributed by atoms with Crippen LogP contribution in [0.15, 0.2) is 35.3 Å². The van der Waals surface area contributed by atoms with Gasteiger partial charge >= 0.3 is 0 Å². The summed E-state index contributed by atoms with van der Waals surface area (Å²) in [5, 5.41) is 2.91. The van der Waals surface area contributed by atoms with Crippen molar-refractivity contribution in [2.75, 3.05) is 44.8 Å². The van der Waals surface area contributed by atoms with Crippen molar-refractivity contribution in [2.45, 2.75) is 0 Å². The molecule has 8 heteroatoms. The number of nitrogens with one attached hydrogen (secondary N) is 2. The number of ether oxygens (including phenoxy) is 2. The van der Waals surface area contributed by atoms with Gasteiger partial charge in [-0.2, -0.15) is 4.39 Å². The van der Waals surface area contributed by atoms with Crippen molar-refractivity contribution in [1.82, 2.24) is 14.9 Å². The number of aromatic nitrogens is 2. The molecule has 1 aliphatic heterocycles. The molecule has 128 valence electrons. The van der Waals surface area contributed by atoms with E-state index in [0.29, 0.717) is 18.0 Å². The Morgan fingerprint density at radius 2 is 2.21 bits per heavy atom. The minimum atomic E-state index is -0.916. The summed E-state index contributed by atoms with van der Waals surface area (Å²) in [7, 11) is 0. The molecule has 2 N–H and O–H groups in total. The number of nitrogens with zero attached hydrogens (tertiary/aromatic N) is 2. The van der Waals surface area contributed by atoms with Gasteiger partial charge in [-0.3, -0.25) is 14.7 Å². The van der Waals surface area contributed by atoms with Crippen LogP contribution in [0, 0.1) is 5.82 Å². The van der Waals surface area contributed by atoms with Crippen LogP contribution in [0.5, 0.6) is 5.75 Å². The van der Waals surface area contributed by atoms with Gasteiger partial charge in [0.1, 0.15) is 12.4 Å². The van der Waals surface area contributed by atoms with E-state index < -0.39 is 11.4 Å². The largest absolute Gasteiger partial charge is 0.492 e. The van der Waals surface area contributed by atoms with Crippen LogP contribution >= 0.6 is 0 Å². The maximum atomic E-state index is 12.9. The molecule has 0 saturated carbocycles. The quantitative estimate of drug-likeness (QED) is 0.830. The van der Waals surface area contributed by atoms with Gasteiger partial charge in [0.05, 0.1) is 19.4 Å². The Morgan fingerprint density at radius 3 is 3.00 bits per heavy atom. The third-order valence-corrected chi connectivity index (χ3v) is 3.63. The highest BCUT2D eigenvalue weighted by molar-refractivity contribution is 5.55. The molecule has 0 radical (unpaired) electrons. The summed E-state index contributed by atoms with van der Waals surface area (Å²) in [5.74, 6) is -0.0367. The van der Waals surface area contributed by atoms with Gasteiger partial charge in [0.15, 0.2) is 0 Å². The summed E-state index contributed by atoms with van der Waals surface area (Å²) in [4.78, 5) is 19.6. The van der Waals surface area contributed by atoms with Crippen LogP contribution in [0.2, 0.25) is 0 Å². The summed E-state index contributed by atoms with van der Waals surface area (Å²) in [6.45, 7) is 4.80. The Kier molecular flexibility index (Phi) is 5.39. The summed E-state index contributed by atoms with van der Waals surface area (Å²) in [5.41, 5.74) is -0.126. The number of anilines is 2. The molecule has 0 aliphatic carbocycles. The minimum absolute atomic E-state index is 0.173. The van der Waals surface area contributed by atoms with E-state index in [1.807, 2.05) is 12.1 Å². The molecule has 0 amide bonds. The monoisotopic (exact) mass is 334 g/mol. The van der Waals surface area contributed by atoms with Gasteiger partial charge in [0.25, 0.3) is 5.56 Å². The molecule has 1 aromatic heterocycles. The predicted octanol–water partition coefficient (Wildman–Crippen LogP) is 1.36. The number of benzene rings is 1. The summed E-state index contributed by atoms with van der Waals surface area (Å²) < 4.78 is 24.0. The van der Waals surface area contributed by atoms with Crippen LogP contribution in [0.25, 0.3) is 0 Å². The van der Waals surface area contributed by atoms with E-state index in [9.17, 15) is 9.18 Å². The molecule has 2 heterocycles. The number of aromatic amines is 1.